The van der Waals surface area contributed by atoms with Crippen molar-refractivity contribution in [3.63, 3.8) is 0 Å². The van der Waals surface area contributed by atoms with Crippen LogP contribution in [0, 0.1) is 18.6 Å². The molecule has 0 amide bonds. The van der Waals surface area contributed by atoms with Gasteiger partial charge >= 0.3 is 0 Å². The standard InChI is InChI=1S/C14H9BrF2O/c1-8-6-10(16)3-4-11(8)14(18)12-7-9(15)2-5-13(12)17/h2-7H,1H3. The summed E-state index contributed by atoms with van der Waals surface area (Å²) in [5.41, 5.74) is 0.756. The fourth-order valence-electron chi connectivity index (χ4n) is 1.70. The molecule has 0 N–H and O–H groups in total. The van der Waals surface area contributed by atoms with Crippen LogP contribution in [0.15, 0.2) is 40.9 Å². The van der Waals surface area contributed by atoms with Crippen LogP contribution in [0.5, 0.6) is 0 Å². The third-order valence-electron chi connectivity index (χ3n) is 2.61. The van der Waals surface area contributed by atoms with Crippen LogP contribution in [-0.4, -0.2) is 5.78 Å². The Kier molecular flexibility index (Phi) is 3.57. The Bertz CT molecular complexity index is 623. The van der Waals surface area contributed by atoms with Gasteiger partial charge in [-0.2, -0.15) is 0 Å². The van der Waals surface area contributed by atoms with Gasteiger partial charge in [0.15, 0.2) is 5.78 Å². The average molecular weight is 311 g/mol. The van der Waals surface area contributed by atoms with E-state index in [1.54, 1.807) is 6.92 Å². The highest BCUT2D eigenvalue weighted by Crippen LogP contribution is 2.21. The zero-order valence-corrected chi connectivity index (χ0v) is 11.1. The average Bonchev–Trinajstić information content (AvgIpc) is 2.31. The van der Waals surface area contributed by atoms with Gasteiger partial charge in [0, 0.05) is 10.0 Å². The van der Waals surface area contributed by atoms with Gasteiger partial charge in [-0.1, -0.05) is 15.9 Å². The maximum atomic E-state index is 13.6. The van der Waals surface area contributed by atoms with E-state index in [0.29, 0.717) is 15.6 Å². The molecule has 18 heavy (non-hydrogen) atoms. The monoisotopic (exact) mass is 310 g/mol. The Balaban J connectivity index is 2.51. The van der Waals surface area contributed by atoms with Crippen LogP contribution in [0.2, 0.25) is 0 Å². The fraction of sp³-hybridized carbons (Fsp3) is 0.0714. The maximum Gasteiger partial charge on any atom is 0.196 e. The van der Waals surface area contributed by atoms with E-state index in [-0.39, 0.29) is 5.56 Å². The second-order valence-electron chi connectivity index (χ2n) is 3.91. The van der Waals surface area contributed by atoms with Crippen LogP contribution in [0.25, 0.3) is 0 Å². The highest BCUT2D eigenvalue weighted by Gasteiger charge is 2.16. The molecule has 92 valence electrons. The van der Waals surface area contributed by atoms with Crippen molar-refractivity contribution in [3.8, 4) is 0 Å². The topological polar surface area (TPSA) is 17.1 Å². The summed E-state index contributed by atoms with van der Waals surface area (Å²) in [6, 6.07) is 7.97. The molecule has 0 atom stereocenters. The molecule has 1 nitrogen and oxygen atoms in total. The first-order valence-corrected chi connectivity index (χ1v) is 6.04. The smallest absolute Gasteiger partial charge is 0.196 e. The molecule has 4 heteroatoms. The van der Waals surface area contributed by atoms with E-state index in [4.69, 9.17) is 0 Å². The van der Waals surface area contributed by atoms with E-state index in [1.807, 2.05) is 0 Å². The SMILES string of the molecule is Cc1cc(F)ccc1C(=O)c1cc(Br)ccc1F. The van der Waals surface area contributed by atoms with Crippen LogP contribution in [-0.2, 0) is 0 Å². The number of carbonyl (C=O) groups excluding carboxylic acids is 1. The summed E-state index contributed by atoms with van der Waals surface area (Å²) in [6.45, 7) is 1.62. The van der Waals surface area contributed by atoms with Crippen molar-refractivity contribution in [1.29, 1.82) is 0 Å². The largest absolute Gasteiger partial charge is 0.288 e. The van der Waals surface area contributed by atoms with E-state index in [2.05, 4.69) is 15.9 Å². The molecule has 0 aliphatic carbocycles. The number of hydrogen-bond acceptors (Lipinski definition) is 1. The molecule has 0 spiro atoms. The third kappa shape index (κ3) is 2.48. The van der Waals surface area contributed by atoms with Gasteiger partial charge in [-0.3, -0.25) is 4.79 Å². The Labute approximate surface area is 112 Å². The minimum absolute atomic E-state index is 0.0286. The zero-order valence-electron chi connectivity index (χ0n) is 9.51. The molecule has 0 aromatic heterocycles. The van der Waals surface area contributed by atoms with Gasteiger partial charge in [-0.05, 0) is 48.9 Å². The number of carbonyl (C=O) groups is 1. The molecular weight excluding hydrogens is 302 g/mol. The maximum absolute atomic E-state index is 13.6. The first kappa shape index (κ1) is 12.9. The highest BCUT2D eigenvalue weighted by atomic mass is 79.9. The summed E-state index contributed by atoms with van der Waals surface area (Å²) in [7, 11) is 0. The number of hydrogen-bond donors (Lipinski definition) is 0. The summed E-state index contributed by atoms with van der Waals surface area (Å²) in [6.07, 6.45) is 0. The predicted molar refractivity (Wildman–Crippen MR) is 68.7 cm³/mol. The lowest BCUT2D eigenvalue weighted by molar-refractivity contribution is 0.103. The summed E-state index contributed by atoms with van der Waals surface area (Å²) in [4.78, 5) is 12.2. The van der Waals surface area contributed by atoms with Gasteiger partial charge in [0.05, 0.1) is 5.56 Å². The van der Waals surface area contributed by atoms with Crippen LogP contribution < -0.4 is 0 Å². The zero-order chi connectivity index (χ0) is 13.3. The third-order valence-corrected chi connectivity index (χ3v) is 3.10. The molecule has 2 aromatic rings. The first-order valence-electron chi connectivity index (χ1n) is 5.25. The van der Waals surface area contributed by atoms with Crippen LogP contribution in [0.1, 0.15) is 21.5 Å². The molecular formula is C14H9BrF2O. The molecule has 0 radical (unpaired) electrons. The van der Waals surface area contributed by atoms with Crippen LogP contribution in [0.3, 0.4) is 0 Å². The van der Waals surface area contributed by atoms with Gasteiger partial charge in [-0.15, -0.1) is 0 Å². The van der Waals surface area contributed by atoms with Crippen molar-refractivity contribution in [2.75, 3.05) is 0 Å². The second-order valence-corrected chi connectivity index (χ2v) is 4.83. The Morgan fingerprint density at radius 2 is 1.78 bits per heavy atom. The van der Waals surface area contributed by atoms with Crippen LogP contribution in [0.4, 0.5) is 8.78 Å². The van der Waals surface area contributed by atoms with Gasteiger partial charge < -0.3 is 0 Å². The Morgan fingerprint density at radius 3 is 2.44 bits per heavy atom. The normalized spacial score (nSPS) is 10.4. The van der Waals surface area contributed by atoms with Crippen molar-refractivity contribution in [1.82, 2.24) is 0 Å². The first-order chi connectivity index (χ1) is 8.49. The van der Waals surface area contributed by atoms with Crippen LogP contribution >= 0.6 is 15.9 Å². The summed E-state index contributed by atoms with van der Waals surface area (Å²) < 4.78 is 27.2. The summed E-state index contributed by atoms with van der Waals surface area (Å²) in [5.74, 6) is -1.46. The summed E-state index contributed by atoms with van der Waals surface area (Å²) in [5, 5.41) is 0. The number of halogens is 3. The highest BCUT2D eigenvalue weighted by molar-refractivity contribution is 9.10. The van der Waals surface area contributed by atoms with E-state index in [1.165, 1.54) is 36.4 Å². The number of aryl methyl sites for hydroxylation is 1. The summed E-state index contributed by atoms with van der Waals surface area (Å²) >= 11 is 3.19. The molecule has 0 aliphatic heterocycles. The lowest BCUT2D eigenvalue weighted by Crippen LogP contribution is -2.06. The van der Waals surface area contributed by atoms with Gasteiger partial charge in [-0.25, -0.2) is 8.78 Å². The lowest BCUT2D eigenvalue weighted by atomic mass is 9.99. The van der Waals surface area contributed by atoms with Crippen molar-refractivity contribution >= 4 is 21.7 Å². The molecule has 0 unspecified atom stereocenters. The Hall–Kier alpha value is -1.55. The van der Waals surface area contributed by atoms with Crippen molar-refractivity contribution in [2.45, 2.75) is 6.92 Å². The molecule has 0 aliphatic rings. The van der Waals surface area contributed by atoms with Gasteiger partial charge in [0.2, 0.25) is 0 Å². The minimum atomic E-state index is -0.591. The van der Waals surface area contributed by atoms with Crippen molar-refractivity contribution in [2.24, 2.45) is 0 Å². The lowest BCUT2D eigenvalue weighted by Gasteiger charge is -2.06. The minimum Gasteiger partial charge on any atom is -0.288 e. The number of ketones is 1. The molecule has 0 bridgehead atoms. The van der Waals surface area contributed by atoms with E-state index in [0.717, 1.165) is 0 Å². The molecule has 0 heterocycles. The number of rotatable bonds is 2. The van der Waals surface area contributed by atoms with Crippen molar-refractivity contribution < 1.29 is 13.6 Å². The fourth-order valence-corrected chi connectivity index (χ4v) is 2.06. The van der Waals surface area contributed by atoms with E-state index >= 15 is 0 Å². The molecule has 0 saturated heterocycles. The van der Waals surface area contributed by atoms with E-state index in [9.17, 15) is 13.6 Å². The number of benzene rings is 2. The predicted octanol–water partition coefficient (Wildman–Crippen LogP) is 4.27. The molecule has 2 rings (SSSR count). The van der Waals surface area contributed by atoms with Gasteiger partial charge in [0.1, 0.15) is 11.6 Å². The van der Waals surface area contributed by atoms with E-state index < -0.39 is 17.4 Å². The molecule has 0 fully saturated rings. The molecule has 2 aromatic carbocycles. The second kappa shape index (κ2) is 4.98. The quantitative estimate of drug-likeness (QED) is 0.757. The van der Waals surface area contributed by atoms with Crippen molar-refractivity contribution in [3.05, 3.63) is 69.2 Å². The van der Waals surface area contributed by atoms with Gasteiger partial charge in [0.25, 0.3) is 0 Å². The Morgan fingerprint density at radius 1 is 1.06 bits per heavy atom. The molecule has 0 saturated carbocycles.